The van der Waals surface area contributed by atoms with Crippen molar-refractivity contribution in [1.82, 2.24) is 19.7 Å². The van der Waals surface area contributed by atoms with E-state index < -0.39 is 0 Å². The lowest BCUT2D eigenvalue weighted by Gasteiger charge is -2.10. The zero-order valence-corrected chi connectivity index (χ0v) is 13.7. The number of hydrogen-bond acceptors (Lipinski definition) is 4. The molecule has 2 rings (SSSR count). The molecule has 120 valence electrons. The van der Waals surface area contributed by atoms with Gasteiger partial charge in [0.15, 0.2) is 5.82 Å². The molecule has 0 saturated heterocycles. The molecule has 0 amide bonds. The van der Waals surface area contributed by atoms with E-state index >= 15 is 0 Å². The number of aliphatic hydroxyl groups excluding tert-OH is 1. The highest BCUT2D eigenvalue weighted by Crippen LogP contribution is 2.10. The summed E-state index contributed by atoms with van der Waals surface area (Å²) in [5, 5.41) is 14.5. The minimum Gasteiger partial charge on any atom is -0.391 e. The number of aliphatic hydroxyl groups is 1. The summed E-state index contributed by atoms with van der Waals surface area (Å²) in [6, 6.07) is 4.02. The van der Waals surface area contributed by atoms with Crippen LogP contribution in [0.3, 0.4) is 0 Å². The Morgan fingerprint density at radius 3 is 2.73 bits per heavy atom. The van der Waals surface area contributed by atoms with Crippen molar-refractivity contribution in [1.29, 1.82) is 0 Å². The third-order valence-electron chi connectivity index (χ3n) is 3.60. The average Bonchev–Trinajstić information content (AvgIpc) is 2.86. The number of nitrogens with zero attached hydrogens (tertiary/aromatic N) is 4. The highest BCUT2D eigenvalue weighted by molar-refractivity contribution is 5.10. The van der Waals surface area contributed by atoms with Crippen LogP contribution in [-0.2, 0) is 25.8 Å². The molecule has 5 nitrogen and oxygen atoms in total. The van der Waals surface area contributed by atoms with Crippen molar-refractivity contribution in [2.24, 2.45) is 5.92 Å². The van der Waals surface area contributed by atoms with E-state index in [9.17, 15) is 5.11 Å². The van der Waals surface area contributed by atoms with Gasteiger partial charge in [0.1, 0.15) is 5.82 Å². The van der Waals surface area contributed by atoms with Gasteiger partial charge in [-0.05, 0) is 30.4 Å². The van der Waals surface area contributed by atoms with Crippen molar-refractivity contribution >= 4 is 0 Å². The van der Waals surface area contributed by atoms with Crippen LogP contribution < -0.4 is 0 Å². The van der Waals surface area contributed by atoms with Crippen LogP contribution in [0.25, 0.3) is 0 Å². The summed E-state index contributed by atoms with van der Waals surface area (Å²) in [5.41, 5.74) is 1.19. The number of pyridine rings is 1. The maximum atomic E-state index is 9.91. The summed E-state index contributed by atoms with van der Waals surface area (Å²) < 4.78 is 1.88. The van der Waals surface area contributed by atoms with E-state index in [0.717, 1.165) is 37.3 Å². The Labute approximate surface area is 132 Å². The highest BCUT2D eigenvalue weighted by Gasteiger charge is 2.13. The predicted molar refractivity (Wildman–Crippen MR) is 86.5 cm³/mol. The highest BCUT2D eigenvalue weighted by atomic mass is 16.3. The number of aryl methyl sites for hydroxylation is 2. The van der Waals surface area contributed by atoms with Crippen LogP contribution in [0.1, 0.15) is 44.4 Å². The van der Waals surface area contributed by atoms with Gasteiger partial charge in [0.25, 0.3) is 0 Å². The van der Waals surface area contributed by atoms with Gasteiger partial charge in [-0.1, -0.05) is 26.8 Å². The number of aromatic nitrogens is 4. The van der Waals surface area contributed by atoms with Crippen molar-refractivity contribution < 1.29 is 5.11 Å². The lowest BCUT2D eigenvalue weighted by molar-refractivity contribution is 0.143. The van der Waals surface area contributed by atoms with Crippen LogP contribution in [0.5, 0.6) is 0 Å². The third kappa shape index (κ3) is 4.91. The van der Waals surface area contributed by atoms with E-state index in [1.807, 2.05) is 23.9 Å². The standard InChI is InChI=1S/C17H26N4O/c1-4-15(22)12-21-17(19-16(20-21)10-13(2)3)8-7-14-6-5-9-18-11-14/h5-6,9,11,13,15,22H,4,7-8,10,12H2,1-3H3/t15-/m0/s1. The largest absolute Gasteiger partial charge is 0.391 e. The Kier molecular flexibility index (Phi) is 6.07. The fraction of sp³-hybridized carbons (Fsp3) is 0.588. The van der Waals surface area contributed by atoms with E-state index in [0.29, 0.717) is 12.5 Å². The monoisotopic (exact) mass is 302 g/mol. The molecule has 0 aromatic carbocycles. The minimum atomic E-state index is -0.370. The van der Waals surface area contributed by atoms with Crippen LogP contribution in [-0.4, -0.2) is 31.0 Å². The maximum Gasteiger partial charge on any atom is 0.151 e. The fourth-order valence-electron chi connectivity index (χ4n) is 2.34. The van der Waals surface area contributed by atoms with Gasteiger partial charge in [-0.25, -0.2) is 9.67 Å². The van der Waals surface area contributed by atoms with Crippen molar-refractivity contribution in [3.63, 3.8) is 0 Å². The van der Waals surface area contributed by atoms with Gasteiger partial charge >= 0.3 is 0 Å². The van der Waals surface area contributed by atoms with Crippen LogP contribution in [0.4, 0.5) is 0 Å². The van der Waals surface area contributed by atoms with Gasteiger partial charge in [-0.2, -0.15) is 5.10 Å². The fourth-order valence-corrected chi connectivity index (χ4v) is 2.34. The molecule has 0 radical (unpaired) electrons. The van der Waals surface area contributed by atoms with Gasteiger partial charge < -0.3 is 5.11 Å². The first-order chi connectivity index (χ1) is 10.6. The molecule has 0 fully saturated rings. The van der Waals surface area contributed by atoms with Gasteiger partial charge in [-0.3, -0.25) is 4.98 Å². The molecule has 0 aliphatic carbocycles. The topological polar surface area (TPSA) is 63.8 Å². The first kappa shape index (κ1) is 16.6. The van der Waals surface area contributed by atoms with Crippen molar-refractivity contribution in [2.45, 2.75) is 59.1 Å². The molecule has 2 aromatic rings. The molecule has 0 unspecified atom stereocenters. The van der Waals surface area contributed by atoms with Gasteiger partial charge in [0.05, 0.1) is 12.6 Å². The Morgan fingerprint density at radius 2 is 2.09 bits per heavy atom. The summed E-state index contributed by atoms with van der Waals surface area (Å²) in [6.45, 7) is 6.82. The van der Waals surface area contributed by atoms with Gasteiger partial charge in [0.2, 0.25) is 0 Å². The molecule has 22 heavy (non-hydrogen) atoms. The molecule has 0 aliphatic rings. The van der Waals surface area contributed by atoms with Crippen LogP contribution in [0, 0.1) is 5.92 Å². The van der Waals surface area contributed by atoms with Crippen molar-refractivity contribution in [3.05, 3.63) is 41.7 Å². The Bertz CT molecular complexity index is 565. The lowest BCUT2D eigenvalue weighted by atomic mass is 10.1. The van der Waals surface area contributed by atoms with E-state index in [-0.39, 0.29) is 6.10 Å². The quantitative estimate of drug-likeness (QED) is 0.813. The van der Waals surface area contributed by atoms with Crippen LogP contribution in [0.2, 0.25) is 0 Å². The Balaban J connectivity index is 2.10. The zero-order chi connectivity index (χ0) is 15.9. The second-order valence-corrected chi connectivity index (χ2v) is 6.15. The smallest absolute Gasteiger partial charge is 0.151 e. The maximum absolute atomic E-state index is 9.91. The third-order valence-corrected chi connectivity index (χ3v) is 3.60. The van der Waals surface area contributed by atoms with Gasteiger partial charge in [0, 0.05) is 25.2 Å². The van der Waals surface area contributed by atoms with E-state index in [1.165, 1.54) is 5.56 Å². The SMILES string of the molecule is CC[C@H](O)Cn1nc(CC(C)C)nc1CCc1cccnc1. The second kappa shape index (κ2) is 8.03. The van der Waals surface area contributed by atoms with Gasteiger partial charge in [-0.15, -0.1) is 0 Å². The molecular weight excluding hydrogens is 276 g/mol. The summed E-state index contributed by atoms with van der Waals surface area (Å²) in [6.07, 6.45) is 6.59. The van der Waals surface area contributed by atoms with E-state index in [2.05, 4.69) is 35.0 Å². The Hall–Kier alpha value is -1.75. The molecule has 0 aliphatic heterocycles. The average molecular weight is 302 g/mol. The molecular formula is C17H26N4O. The van der Waals surface area contributed by atoms with E-state index in [4.69, 9.17) is 0 Å². The van der Waals surface area contributed by atoms with Crippen LogP contribution in [0.15, 0.2) is 24.5 Å². The molecule has 0 bridgehead atoms. The summed E-state index contributed by atoms with van der Waals surface area (Å²) in [7, 11) is 0. The molecule has 2 heterocycles. The Morgan fingerprint density at radius 1 is 1.27 bits per heavy atom. The second-order valence-electron chi connectivity index (χ2n) is 6.15. The summed E-state index contributed by atoms with van der Waals surface area (Å²) in [4.78, 5) is 8.82. The zero-order valence-electron chi connectivity index (χ0n) is 13.7. The summed E-state index contributed by atoms with van der Waals surface area (Å²) in [5.74, 6) is 2.35. The minimum absolute atomic E-state index is 0.370. The summed E-state index contributed by atoms with van der Waals surface area (Å²) >= 11 is 0. The molecule has 0 spiro atoms. The lowest BCUT2D eigenvalue weighted by Crippen LogP contribution is -2.18. The first-order valence-corrected chi connectivity index (χ1v) is 8.08. The predicted octanol–water partition coefficient (Wildman–Crippen LogP) is 2.43. The van der Waals surface area contributed by atoms with E-state index in [1.54, 1.807) is 6.20 Å². The molecule has 5 heteroatoms. The molecule has 2 aromatic heterocycles. The first-order valence-electron chi connectivity index (χ1n) is 8.08. The van der Waals surface area contributed by atoms with Crippen LogP contribution >= 0.6 is 0 Å². The molecule has 1 N–H and O–H groups in total. The van der Waals surface area contributed by atoms with Crippen molar-refractivity contribution in [3.8, 4) is 0 Å². The normalized spacial score (nSPS) is 12.8. The van der Waals surface area contributed by atoms with Crippen molar-refractivity contribution in [2.75, 3.05) is 0 Å². The molecule has 0 saturated carbocycles. The molecule has 1 atom stereocenters. The number of rotatable bonds is 8. The number of hydrogen-bond donors (Lipinski definition) is 1.